The van der Waals surface area contributed by atoms with Crippen LogP contribution in [-0.2, 0) is 12.8 Å². The molecule has 0 heterocycles. The molecule has 0 spiro atoms. The van der Waals surface area contributed by atoms with E-state index in [-0.39, 0.29) is 0 Å². The lowest BCUT2D eigenvalue weighted by atomic mass is 9.86. The molecular formula is C36H30. The largest absolute Gasteiger partial charge is 0.0622 e. The van der Waals surface area contributed by atoms with Crippen LogP contribution in [0.25, 0.3) is 43.8 Å². The first-order valence-corrected chi connectivity index (χ1v) is 13.0. The topological polar surface area (TPSA) is 0 Å². The molecule has 6 aromatic carbocycles. The maximum Gasteiger partial charge on any atom is -0.0102 e. The number of fused-ring (bicyclic) bond motifs is 5. The zero-order valence-electron chi connectivity index (χ0n) is 20.5. The van der Waals surface area contributed by atoms with Gasteiger partial charge in [0.05, 0.1) is 0 Å². The predicted molar refractivity (Wildman–Crippen MR) is 155 cm³/mol. The van der Waals surface area contributed by atoms with E-state index in [0.29, 0.717) is 0 Å². The zero-order valence-corrected chi connectivity index (χ0v) is 20.5. The number of aryl methyl sites for hydroxylation is 2. The van der Waals surface area contributed by atoms with Gasteiger partial charge >= 0.3 is 0 Å². The first kappa shape index (κ1) is 22.3. The predicted octanol–water partition coefficient (Wildman–Crippen LogP) is 9.89. The molecule has 0 heteroatoms. The van der Waals surface area contributed by atoms with E-state index in [9.17, 15) is 0 Å². The van der Waals surface area contributed by atoms with Crippen LogP contribution in [0.2, 0.25) is 0 Å². The second-order valence-corrected chi connectivity index (χ2v) is 9.61. The molecule has 0 N–H and O–H groups in total. The monoisotopic (exact) mass is 462 g/mol. The number of hydrogen-bond acceptors (Lipinski definition) is 0. The number of hydrogen-bond donors (Lipinski definition) is 0. The van der Waals surface area contributed by atoms with Gasteiger partial charge in [-0.15, -0.1) is 0 Å². The van der Waals surface area contributed by atoms with Crippen LogP contribution >= 0.6 is 0 Å². The van der Waals surface area contributed by atoms with Gasteiger partial charge in [-0.1, -0.05) is 127 Å². The normalized spacial score (nSPS) is 12.6. The minimum Gasteiger partial charge on any atom is -0.0622 e. The van der Waals surface area contributed by atoms with Crippen molar-refractivity contribution in [2.24, 2.45) is 0 Å². The fourth-order valence-corrected chi connectivity index (χ4v) is 5.47. The minimum atomic E-state index is 1.24. The van der Waals surface area contributed by atoms with Gasteiger partial charge in [-0.25, -0.2) is 0 Å². The van der Waals surface area contributed by atoms with Crippen LogP contribution in [0.15, 0.2) is 133 Å². The van der Waals surface area contributed by atoms with Crippen molar-refractivity contribution < 1.29 is 0 Å². The SMILES string of the molecule is c1ccc(-c2ccc3c(ccc4c5c(ccc43)CCCC5)c2)cc1.c1ccc(-c2ccccc2)cc1. The van der Waals surface area contributed by atoms with Crippen LogP contribution in [0.3, 0.4) is 0 Å². The molecule has 36 heavy (non-hydrogen) atoms. The van der Waals surface area contributed by atoms with Crippen molar-refractivity contribution in [1.29, 1.82) is 0 Å². The van der Waals surface area contributed by atoms with Gasteiger partial charge in [0.25, 0.3) is 0 Å². The van der Waals surface area contributed by atoms with Gasteiger partial charge in [-0.3, -0.25) is 0 Å². The Kier molecular flexibility index (Phi) is 6.33. The number of benzene rings is 6. The van der Waals surface area contributed by atoms with Crippen LogP contribution in [-0.4, -0.2) is 0 Å². The summed E-state index contributed by atoms with van der Waals surface area (Å²) in [5.74, 6) is 0. The third kappa shape index (κ3) is 4.55. The molecule has 0 atom stereocenters. The third-order valence-electron chi connectivity index (χ3n) is 7.34. The van der Waals surface area contributed by atoms with Gasteiger partial charge in [-0.05, 0) is 86.7 Å². The van der Waals surface area contributed by atoms with E-state index in [1.54, 1.807) is 11.1 Å². The second kappa shape index (κ2) is 10.2. The van der Waals surface area contributed by atoms with Gasteiger partial charge in [0.2, 0.25) is 0 Å². The van der Waals surface area contributed by atoms with E-state index in [0.717, 1.165) is 0 Å². The Morgan fingerprint density at radius 1 is 0.361 bits per heavy atom. The van der Waals surface area contributed by atoms with Crippen molar-refractivity contribution in [2.45, 2.75) is 25.7 Å². The molecule has 0 fully saturated rings. The van der Waals surface area contributed by atoms with Gasteiger partial charge in [0.15, 0.2) is 0 Å². The standard InChI is InChI=1S/C24H20.C12H10/c1-2-6-17(7-3-1)19-11-13-22-20(16-19)12-15-23-21-9-5-4-8-18(21)10-14-24(22)23;1-3-7-11(8-4-1)12-9-5-2-6-10-12/h1-3,6-7,10-16H,4-5,8-9H2;1-10H. The average Bonchev–Trinajstić information content (AvgIpc) is 2.98. The fraction of sp³-hybridized carbons (Fsp3) is 0.111. The Morgan fingerprint density at radius 3 is 1.53 bits per heavy atom. The van der Waals surface area contributed by atoms with Gasteiger partial charge in [0, 0.05) is 0 Å². The van der Waals surface area contributed by atoms with Crippen LogP contribution < -0.4 is 0 Å². The van der Waals surface area contributed by atoms with E-state index < -0.39 is 0 Å². The Morgan fingerprint density at radius 2 is 0.889 bits per heavy atom. The molecule has 0 unspecified atom stereocenters. The van der Waals surface area contributed by atoms with E-state index >= 15 is 0 Å². The summed E-state index contributed by atoms with van der Waals surface area (Å²) < 4.78 is 0. The Labute approximate surface area is 213 Å². The van der Waals surface area contributed by atoms with Gasteiger partial charge in [0.1, 0.15) is 0 Å². The second-order valence-electron chi connectivity index (χ2n) is 9.61. The third-order valence-corrected chi connectivity index (χ3v) is 7.34. The van der Waals surface area contributed by atoms with E-state index in [2.05, 4.69) is 121 Å². The molecule has 174 valence electrons. The van der Waals surface area contributed by atoms with Crippen LogP contribution in [0.5, 0.6) is 0 Å². The van der Waals surface area contributed by atoms with Gasteiger partial charge < -0.3 is 0 Å². The molecule has 0 aromatic heterocycles. The molecule has 0 saturated heterocycles. The highest BCUT2D eigenvalue weighted by molar-refractivity contribution is 6.09. The summed E-state index contributed by atoms with van der Waals surface area (Å²) in [6.45, 7) is 0. The van der Waals surface area contributed by atoms with E-state index in [1.807, 2.05) is 12.1 Å². The molecule has 7 rings (SSSR count). The Balaban J connectivity index is 0.000000168. The molecule has 6 aromatic rings. The highest BCUT2D eigenvalue weighted by atomic mass is 14.2. The summed E-state index contributed by atoms with van der Waals surface area (Å²) >= 11 is 0. The minimum absolute atomic E-state index is 1.24. The van der Waals surface area contributed by atoms with Gasteiger partial charge in [-0.2, -0.15) is 0 Å². The van der Waals surface area contributed by atoms with Crippen molar-refractivity contribution >= 4 is 21.5 Å². The molecule has 1 aliphatic rings. The molecular weight excluding hydrogens is 432 g/mol. The van der Waals surface area contributed by atoms with Crippen LogP contribution in [0, 0.1) is 0 Å². The van der Waals surface area contributed by atoms with Crippen molar-refractivity contribution in [2.75, 3.05) is 0 Å². The molecule has 0 bridgehead atoms. The molecule has 1 aliphatic carbocycles. The lowest BCUT2D eigenvalue weighted by Crippen LogP contribution is -2.03. The maximum absolute atomic E-state index is 2.36. The lowest BCUT2D eigenvalue weighted by molar-refractivity contribution is 0.690. The molecule has 0 amide bonds. The summed E-state index contributed by atoms with van der Waals surface area (Å²) in [5.41, 5.74) is 8.28. The lowest BCUT2D eigenvalue weighted by Gasteiger charge is -2.19. The quantitative estimate of drug-likeness (QED) is 0.225. The van der Waals surface area contributed by atoms with Crippen molar-refractivity contribution in [1.82, 2.24) is 0 Å². The Hall–Kier alpha value is -4.16. The molecule has 0 nitrogen and oxygen atoms in total. The summed E-state index contributed by atoms with van der Waals surface area (Å²) in [6, 6.07) is 47.6. The molecule has 0 radical (unpaired) electrons. The summed E-state index contributed by atoms with van der Waals surface area (Å²) in [4.78, 5) is 0. The smallest absolute Gasteiger partial charge is 0.0102 e. The summed E-state index contributed by atoms with van der Waals surface area (Å²) in [6.07, 6.45) is 5.15. The average molecular weight is 463 g/mol. The summed E-state index contributed by atoms with van der Waals surface area (Å²) in [5, 5.41) is 5.58. The molecule has 0 saturated carbocycles. The Bertz CT molecular complexity index is 1560. The summed E-state index contributed by atoms with van der Waals surface area (Å²) in [7, 11) is 0. The highest BCUT2D eigenvalue weighted by Crippen LogP contribution is 2.34. The fourth-order valence-electron chi connectivity index (χ4n) is 5.47. The first-order valence-electron chi connectivity index (χ1n) is 13.0. The van der Waals surface area contributed by atoms with Crippen molar-refractivity contribution in [3.05, 3.63) is 145 Å². The zero-order chi connectivity index (χ0) is 24.2. The van der Waals surface area contributed by atoms with E-state index in [1.165, 1.54) is 69.5 Å². The van der Waals surface area contributed by atoms with Crippen LogP contribution in [0.4, 0.5) is 0 Å². The van der Waals surface area contributed by atoms with Crippen molar-refractivity contribution in [3.8, 4) is 22.3 Å². The number of rotatable bonds is 2. The van der Waals surface area contributed by atoms with Crippen LogP contribution in [0.1, 0.15) is 24.0 Å². The first-order chi connectivity index (χ1) is 17.9. The maximum atomic E-state index is 2.36. The van der Waals surface area contributed by atoms with E-state index in [4.69, 9.17) is 0 Å². The highest BCUT2D eigenvalue weighted by Gasteiger charge is 2.13. The van der Waals surface area contributed by atoms with Crippen molar-refractivity contribution in [3.63, 3.8) is 0 Å². The molecule has 0 aliphatic heterocycles.